The Bertz CT molecular complexity index is 1500. The number of hydrogen-bond donors (Lipinski definition) is 0. The molecule has 5 rings (SSSR count). The van der Waals surface area contributed by atoms with Gasteiger partial charge < -0.3 is 14.5 Å². The van der Waals surface area contributed by atoms with Crippen molar-refractivity contribution in [3.8, 4) is 11.8 Å². The zero-order valence-corrected chi connectivity index (χ0v) is 22.6. The van der Waals surface area contributed by atoms with Crippen molar-refractivity contribution >= 4 is 27.7 Å². The molecule has 1 aromatic heterocycles. The van der Waals surface area contributed by atoms with Gasteiger partial charge in [0.05, 0.1) is 30.4 Å². The number of alkyl halides is 3. The third kappa shape index (κ3) is 5.11. The van der Waals surface area contributed by atoms with E-state index in [0.717, 1.165) is 5.69 Å². The fourth-order valence-corrected chi connectivity index (χ4v) is 5.45. The summed E-state index contributed by atoms with van der Waals surface area (Å²) in [6, 6.07) is 11.8. The second-order valence-electron chi connectivity index (χ2n) is 9.58. The van der Waals surface area contributed by atoms with E-state index in [1.807, 2.05) is 13.8 Å². The van der Waals surface area contributed by atoms with Crippen LogP contribution in [0.25, 0.3) is 0 Å². The summed E-state index contributed by atoms with van der Waals surface area (Å²) in [4.78, 5) is 30.5. The van der Waals surface area contributed by atoms with Crippen LogP contribution in [0, 0.1) is 11.3 Å². The minimum Gasteiger partial charge on any atom is -0.406 e. The van der Waals surface area contributed by atoms with Crippen molar-refractivity contribution in [2.75, 3.05) is 6.54 Å². The number of ether oxygens (including phenoxy) is 1. The first kappa shape index (κ1) is 26.7. The average Bonchev–Trinajstić information content (AvgIpc) is 3.25. The molecular formula is C27H23BrF3N5O3. The van der Waals surface area contributed by atoms with Crippen molar-refractivity contribution in [1.82, 2.24) is 19.6 Å². The number of nitriles is 1. The Hall–Kier alpha value is -3.85. The van der Waals surface area contributed by atoms with Crippen LogP contribution in [-0.4, -0.2) is 50.3 Å². The van der Waals surface area contributed by atoms with E-state index in [4.69, 9.17) is 0 Å². The first-order chi connectivity index (χ1) is 18.5. The first-order valence-electron chi connectivity index (χ1n) is 12.2. The number of aromatic nitrogens is 2. The lowest BCUT2D eigenvalue weighted by Gasteiger charge is -2.35. The number of nitrogens with zero attached hydrogens (tertiary/aromatic N) is 5. The molecule has 12 heteroatoms. The first-order valence-corrected chi connectivity index (χ1v) is 13.0. The highest BCUT2D eigenvalue weighted by Crippen LogP contribution is 2.33. The van der Waals surface area contributed by atoms with Crippen LogP contribution in [0.2, 0.25) is 0 Å². The van der Waals surface area contributed by atoms with Crippen LogP contribution in [0.3, 0.4) is 0 Å². The Labute approximate surface area is 230 Å². The summed E-state index contributed by atoms with van der Waals surface area (Å²) in [5.74, 6) is -0.829. The van der Waals surface area contributed by atoms with Gasteiger partial charge in [0, 0.05) is 34.6 Å². The average molecular weight is 602 g/mol. The number of halogens is 4. The smallest absolute Gasteiger partial charge is 0.406 e. The standard InChI is InChI=1S/C27H23BrF3N5O3/c1-15-11-23-21(14-35(15)25(37)18-5-8-22(28)19(12-18)13-32)24-26(38)34(9-10-36(24)33-23)16(2)17-3-6-20(7-4-17)39-27(29,30)31/h3-8,12,15-16H,9-11,14H2,1-2H3/t15-,16+/m1/s1. The van der Waals surface area contributed by atoms with Gasteiger partial charge in [-0.1, -0.05) is 12.1 Å². The van der Waals surface area contributed by atoms with Crippen molar-refractivity contribution in [2.24, 2.45) is 0 Å². The van der Waals surface area contributed by atoms with Gasteiger partial charge in [-0.2, -0.15) is 10.4 Å². The fourth-order valence-electron chi connectivity index (χ4n) is 5.12. The van der Waals surface area contributed by atoms with E-state index in [2.05, 4.69) is 31.8 Å². The molecule has 39 heavy (non-hydrogen) atoms. The highest BCUT2D eigenvalue weighted by atomic mass is 79.9. The largest absolute Gasteiger partial charge is 0.573 e. The fraction of sp³-hybridized carbons (Fsp3) is 0.333. The van der Waals surface area contributed by atoms with Crippen molar-refractivity contribution < 1.29 is 27.5 Å². The van der Waals surface area contributed by atoms with Crippen molar-refractivity contribution in [3.63, 3.8) is 0 Å². The summed E-state index contributed by atoms with van der Waals surface area (Å²) < 4.78 is 43.8. The Morgan fingerprint density at radius 1 is 1.21 bits per heavy atom. The molecule has 0 aliphatic carbocycles. The monoisotopic (exact) mass is 601 g/mol. The van der Waals surface area contributed by atoms with Gasteiger partial charge in [-0.25, -0.2) is 0 Å². The Kier molecular flexibility index (Phi) is 6.88. The van der Waals surface area contributed by atoms with Crippen molar-refractivity contribution in [2.45, 2.75) is 51.8 Å². The molecule has 0 N–H and O–H groups in total. The number of hydrogen-bond acceptors (Lipinski definition) is 5. The Morgan fingerprint density at radius 3 is 2.59 bits per heavy atom. The van der Waals surface area contributed by atoms with E-state index in [9.17, 15) is 28.0 Å². The molecule has 0 radical (unpaired) electrons. The molecule has 3 heterocycles. The van der Waals surface area contributed by atoms with E-state index < -0.39 is 12.4 Å². The van der Waals surface area contributed by atoms with Crippen LogP contribution in [-0.2, 0) is 19.5 Å². The molecule has 2 amide bonds. The molecule has 0 saturated carbocycles. The van der Waals surface area contributed by atoms with Crippen LogP contribution < -0.4 is 4.74 Å². The van der Waals surface area contributed by atoms with Crippen molar-refractivity contribution in [3.05, 3.63) is 80.6 Å². The molecule has 0 unspecified atom stereocenters. The Balaban J connectivity index is 1.39. The summed E-state index contributed by atoms with van der Waals surface area (Å²) in [6.45, 7) is 4.76. The highest BCUT2D eigenvalue weighted by Gasteiger charge is 2.38. The predicted octanol–water partition coefficient (Wildman–Crippen LogP) is 5.22. The number of carbonyl (C=O) groups excluding carboxylic acids is 2. The zero-order chi connectivity index (χ0) is 28.1. The number of carbonyl (C=O) groups is 2. The summed E-state index contributed by atoms with van der Waals surface area (Å²) in [7, 11) is 0. The molecule has 0 spiro atoms. The molecule has 0 fully saturated rings. The van der Waals surface area contributed by atoms with Gasteiger partial charge in [-0.05, 0) is 65.7 Å². The summed E-state index contributed by atoms with van der Waals surface area (Å²) in [5.41, 5.74) is 3.27. The van der Waals surface area contributed by atoms with Crippen LogP contribution in [0.5, 0.6) is 5.75 Å². The van der Waals surface area contributed by atoms with E-state index >= 15 is 0 Å². The quantitative estimate of drug-likeness (QED) is 0.409. The lowest BCUT2D eigenvalue weighted by atomic mass is 9.97. The van der Waals surface area contributed by atoms with Crippen LogP contribution in [0.1, 0.15) is 63.1 Å². The normalized spacial score (nSPS) is 17.8. The lowest BCUT2D eigenvalue weighted by molar-refractivity contribution is -0.274. The molecule has 3 aromatic rings. The Morgan fingerprint density at radius 2 is 1.92 bits per heavy atom. The third-order valence-electron chi connectivity index (χ3n) is 7.16. The minimum atomic E-state index is -4.78. The van der Waals surface area contributed by atoms with Gasteiger partial charge >= 0.3 is 6.36 Å². The molecular weight excluding hydrogens is 579 g/mol. The molecule has 2 aliphatic heterocycles. The molecule has 2 atom stereocenters. The predicted molar refractivity (Wildman–Crippen MR) is 137 cm³/mol. The van der Waals surface area contributed by atoms with Gasteiger partial charge in [0.15, 0.2) is 0 Å². The third-order valence-corrected chi connectivity index (χ3v) is 7.85. The second kappa shape index (κ2) is 10.0. The maximum absolute atomic E-state index is 13.7. The van der Waals surface area contributed by atoms with E-state index in [0.29, 0.717) is 51.9 Å². The van der Waals surface area contributed by atoms with Gasteiger partial charge in [0.25, 0.3) is 11.8 Å². The molecule has 2 aliphatic rings. The van der Waals surface area contributed by atoms with Gasteiger partial charge in [0.1, 0.15) is 17.5 Å². The molecule has 8 nitrogen and oxygen atoms in total. The number of rotatable bonds is 4. The summed E-state index contributed by atoms with van der Waals surface area (Å²) in [5, 5.41) is 14.0. The summed E-state index contributed by atoms with van der Waals surface area (Å²) >= 11 is 3.31. The molecule has 2 aromatic carbocycles. The molecule has 0 bridgehead atoms. The topological polar surface area (TPSA) is 91.5 Å². The van der Waals surface area contributed by atoms with Crippen LogP contribution in [0.4, 0.5) is 13.2 Å². The second-order valence-corrected chi connectivity index (χ2v) is 10.4. The SMILES string of the molecule is C[C@@H]1Cc2nn3c(c2CN1C(=O)c1ccc(Br)c(C#N)c1)C(=O)N([C@@H](C)c1ccc(OC(F)(F)F)cc1)CC3. The minimum absolute atomic E-state index is 0.168. The number of fused-ring (bicyclic) bond motifs is 3. The van der Waals surface area contributed by atoms with E-state index in [1.54, 1.807) is 32.7 Å². The van der Waals surface area contributed by atoms with Gasteiger partial charge in [0.2, 0.25) is 0 Å². The molecule has 202 valence electrons. The van der Waals surface area contributed by atoms with Crippen LogP contribution >= 0.6 is 15.9 Å². The lowest BCUT2D eigenvalue weighted by Crippen LogP contribution is -2.44. The maximum atomic E-state index is 13.7. The summed E-state index contributed by atoms with van der Waals surface area (Å²) in [6.07, 6.45) is -4.30. The number of benzene rings is 2. The number of amides is 2. The van der Waals surface area contributed by atoms with E-state index in [1.165, 1.54) is 24.3 Å². The van der Waals surface area contributed by atoms with Gasteiger partial charge in [-0.15, -0.1) is 13.2 Å². The maximum Gasteiger partial charge on any atom is 0.573 e. The van der Waals surface area contributed by atoms with Crippen LogP contribution in [0.15, 0.2) is 46.9 Å². The van der Waals surface area contributed by atoms with Gasteiger partial charge in [-0.3, -0.25) is 14.3 Å². The van der Waals surface area contributed by atoms with Crippen molar-refractivity contribution in [1.29, 1.82) is 5.26 Å². The molecule has 0 saturated heterocycles. The van der Waals surface area contributed by atoms with E-state index in [-0.39, 0.29) is 30.2 Å². The zero-order valence-electron chi connectivity index (χ0n) is 21.0. The highest BCUT2D eigenvalue weighted by molar-refractivity contribution is 9.10.